The number of unbranched alkanes of at least 4 members (excludes halogenated alkanes) is 6. The summed E-state index contributed by atoms with van der Waals surface area (Å²) >= 11 is 0. The molecular weight excluding hydrogens is 268 g/mol. The summed E-state index contributed by atoms with van der Waals surface area (Å²) in [4.78, 5) is 4.21. The molecule has 0 atom stereocenters. The fourth-order valence-electron chi connectivity index (χ4n) is 2.64. The van der Waals surface area contributed by atoms with E-state index in [1.807, 2.05) is 6.20 Å². The molecule has 0 bridgehead atoms. The Bertz CT molecular complexity index is 452. The number of hydrogen-bond donors (Lipinski definition) is 1. The highest BCUT2D eigenvalue weighted by Gasteiger charge is 2.08. The van der Waals surface area contributed by atoms with E-state index in [0.29, 0.717) is 5.41 Å². The number of rotatable bonds is 10. The molecule has 0 aliphatic heterocycles. The molecule has 0 aliphatic rings. The number of pyridine rings is 1. The highest BCUT2D eigenvalue weighted by atomic mass is 14.8. The van der Waals surface area contributed by atoms with E-state index in [4.69, 9.17) is 6.42 Å². The van der Waals surface area contributed by atoms with Gasteiger partial charge in [0, 0.05) is 12.2 Å². The van der Waals surface area contributed by atoms with Crippen LogP contribution in [0.2, 0.25) is 0 Å². The van der Waals surface area contributed by atoms with E-state index in [-0.39, 0.29) is 0 Å². The Labute approximate surface area is 137 Å². The predicted molar refractivity (Wildman–Crippen MR) is 96.8 cm³/mol. The summed E-state index contributed by atoms with van der Waals surface area (Å²) in [6, 6.07) is 4.53. The van der Waals surface area contributed by atoms with Crippen molar-refractivity contribution in [3.63, 3.8) is 0 Å². The fourth-order valence-corrected chi connectivity index (χ4v) is 2.64. The summed E-state index contributed by atoms with van der Waals surface area (Å²) in [6.07, 6.45) is 20.8. The normalized spacial score (nSPS) is 11.2. The molecule has 1 aromatic heterocycles. The monoisotopic (exact) mass is 300 g/mol. The quantitative estimate of drug-likeness (QED) is 0.336. The smallest absolute Gasteiger partial charge is 0.0645 e. The molecule has 22 heavy (non-hydrogen) atoms. The van der Waals surface area contributed by atoms with Gasteiger partial charge >= 0.3 is 0 Å². The van der Waals surface area contributed by atoms with Crippen LogP contribution in [0.25, 0.3) is 0 Å². The lowest BCUT2D eigenvalue weighted by molar-refractivity contribution is 0.356. The summed E-state index contributed by atoms with van der Waals surface area (Å²) in [6.45, 7) is 6.99. The minimum absolute atomic E-state index is 0.497. The van der Waals surface area contributed by atoms with Gasteiger partial charge in [-0.25, -0.2) is 0 Å². The van der Waals surface area contributed by atoms with Crippen LogP contribution < -0.4 is 5.32 Å². The fraction of sp³-hybridized carbons (Fsp3) is 0.650. The highest BCUT2D eigenvalue weighted by molar-refractivity contribution is 5.46. The van der Waals surface area contributed by atoms with Crippen molar-refractivity contribution in [2.75, 3.05) is 5.32 Å². The van der Waals surface area contributed by atoms with Crippen LogP contribution in [0.15, 0.2) is 18.5 Å². The Hall–Kier alpha value is -1.49. The molecule has 1 aromatic rings. The minimum atomic E-state index is 0.497. The topological polar surface area (TPSA) is 24.9 Å². The van der Waals surface area contributed by atoms with Crippen molar-refractivity contribution in [3.05, 3.63) is 24.0 Å². The molecule has 0 fully saturated rings. The number of hydrogen-bond acceptors (Lipinski definition) is 2. The number of aryl methyl sites for hydroxylation is 1. The van der Waals surface area contributed by atoms with Gasteiger partial charge in [-0.1, -0.05) is 65.7 Å². The molecule has 2 heteroatoms. The molecule has 0 aliphatic carbocycles. The SMILES string of the molecule is C#CNc1cncc(CCCCCCCCCC(C)(C)C)c1. The average Bonchev–Trinajstić information content (AvgIpc) is 2.45. The van der Waals surface area contributed by atoms with Gasteiger partial charge < -0.3 is 5.32 Å². The summed E-state index contributed by atoms with van der Waals surface area (Å²) in [5.74, 6) is 0. The first-order valence-electron chi connectivity index (χ1n) is 8.67. The second-order valence-electron chi connectivity index (χ2n) is 7.39. The third-order valence-electron chi connectivity index (χ3n) is 3.90. The largest absolute Gasteiger partial charge is 0.314 e. The highest BCUT2D eigenvalue weighted by Crippen LogP contribution is 2.22. The maximum atomic E-state index is 5.24. The molecule has 2 nitrogen and oxygen atoms in total. The maximum absolute atomic E-state index is 5.24. The summed E-state index contributed by atoms with van der Waals surface area (Å²) in [5, 5.41) is 2.85. The molecule has 1 rings (SSSR count). The minimum Gasteiger partial charge on any atom is -0.314 e. The standard InChI is InChI=1S/C20H32N2/c1-5-22-19-15-18(16-21-17-19)13-11-9-7-6-8-10-12-14-20(2,3)4/h1,15-17,22H,6-14H2,2-4H3. The zero-order valence-electron chi connectivity index (χ0n) is 14.6. The van der Waals surface area contributed by atoms with Gasteiger partial charge in [-0.2, -0.15) is 0 Å². The van der Waals surface area contributed by atoms with Crippen LogP contribution in [0.4, 0.5) is 5.69 Å². The van der Waals surface area contributed by atoms with Crippen LogP contribution in [0.3, 0.4) is 0 Å². The van der Waals surface area contributed by atoms with E-state index in [0.717, 1.165) is 12.1 Å². The molecular formula is C20H32N2. The van der Waals surface area contributed by atoms with E-state index in [1.165, 1.54) is 56.9 Å². The first-order valence-corrected chi connectivity index (χ1v) is 8.67. The van der Waals surface area contributed by atoms with Crippen molar-refractivity contribution >= 4 is 5.69 Å². The Morgan fingerprint density at radius 2 is 1.64 bits per heavy atom. The van der Waals surface area contributed by atoms with Crippen molar-refractivity contribution in [3.8, 4) is 12.5 Å². The van der Waals surface area contributed by atoms with E-state index >= 15 is 0 Å². The molecule has 0 aromatic carbocycles. The summed E-state index contributed by atoms with van der Waals surface area (Å²) < 4.78 is 0. The number of anilines is 1. The van der Waals surface area contributed by atoms with Gasteiger partial charge in [0.05, 0.1) is 11.9 Å². The number of nitrogens with one attached hydrogen (secondary N) is 1. The molecule has 1 N–H and O–H groups in total. The third-order valence-corrected chi connectivity index (χ3v) is 3.90. The van der Waals surface area contributed by atoms with Crippen LogP contribution in [0.5, 0.6) is 0 Å². The van der Waals surface area contributed by atoms with Crippen LogP contribution >= 0.6 is 0 Å². The lowest BCUT2D eigenvalue weighted by atomic mass is 9.89. The third kappa shape index (κ3) is 9.45. The second-order valence-corrected chi connectivity index (χ2v) is 7.39. The van der Waals surface area contributed by atoms with Crippen molar-refractivity contribution in [2.24, 2.45) is 5.41 Å². The Morgan fingerprint density at radius 3 is 2.27 bits per heavy atom. The van der Waals surface area contributed by atoms with Crippen LogP contribution in [-0.4, -0.2) is 4.98 Å². The van der Waals surface area contributed by atoms with Gasteiger partial charge in [-0.15, -0.1) is 0 Å². The Kier molecular flexibility index (Phi) is 8.67. The van der Waals surface area contributed by atoms with Gasteiger partial charge in [0.15, 0.2) is 0 Å². The number of nitrogens with zero attached hydrogens (tertiary/aromatic N) is 1. The van der Waals surface area contributed by atoms with Gasteiger partial charge in [0.1, 0.15) is 0 Å². The van der Waals surface area contributed by atoms with Gasteiger partial charge in [-0.05, 0) is 36.3 Å². The van der Waals surface area contributed by atoms with E-state index in [2.05, 4.69) is 43.2 Å². The van der Waals surface area contributed by atoms with Gasteiger partial charge in [0.25, 0.3) is 0 Å². The second kappa shape index (κ2) is 10.3. The van der Waals surface area contributed by atoms with Gasteiger partial charge in [-0.3, -0.25) is 4.98 Å². The first kappa shape index (κ1) is 18.6. The van der Waals surface area contributed by atoms with E-state index < -0.39 is 0 Å². The number of terminal acetylenes is 1. The maximum Gasteiger partial charge on any atom is 0.0645 e. The van der Waals surface area contributed by atoms with Crippen molar-refractivity contribution in [1.29, 1.82) is 0 Å². The summed E-state index contributed by atoms with van der Waals surface area (Å²) in [5.41, 5.74) is 2.68. The van der Waals surface area contributed by atoms with Crippen molar-refractivity contribution in [1.82, 2.24) is 4.98 Å². The molecule has 0 saturated heterocycles. The first-order chi connectivity index (χ1) is 10.5. The lowest BCUT2D eigenvalue weighted by Crippen LogP contribution is -2.03. The zero-order chi connectivity index (χ0) is 16.3. The van der Waals surface area contributed by atoms with Gasteiger partial charge in [0.2, 0.25) is 0 Å². The number of aromatic nitrogens is 1. The molecule has 0 saturated carbocycles. The van der Waals surface area contributed by atoms with Crippen molar-refractivity contribution in [2.45, 2.75) is 78.6 Å². The molecule has 0 spiro atoms. The van der Waals surface area contributed by atoms with Crippen LogP contribution in [0, 0.1) is 17.9 Å². The summed E-state index contributed by atoms with van der Waals surface area (Å²) in [7, 11) is 0. The Balaban J connectivity index is 2.02. The molecule has 0 amide bonds. The molecule has 122 valence electrons. The zero-order valence-corrected chi connectivity index (χ0v) is 14.6. The van der Waals surface area contributed by atoms with E-state index in [9.17, 15) is 0 Å². The Morgan fingerprint density at radius 1 is 1.00 bits per heavy atom. The van der Waals surface area contributed by atoms with Crippen molar-refractivity contribution < 1.29 is 0 Å². The van der Waals surface area contributed by atoms with Crippen LogP contribution in [0.1, 0.15) is 77.7 Å². The molecule has 0 unspecified atom stereocenters. The lowest BCUT2D eigenvalue weighted by Gasteiger charge is -2.17. The average molecular weight is 300 g/mol. The predicted octanol–water partition coefficient (Wildman–Crippen LogP) is 5.79. The molecule has 0 radical (unpaired) electrons. The van der Waals surface area contributed by atoms with Crippen LogP contribution in [-0.2, 0) is 6.42 Å². The van der Waals surface area contributed by atoms with E-state index in [1.54, 1.807) is 6.20 Å². The molecule has 1 heterocycles.